The fourth-order valence-electron chi connectivity index (χ4n) is 0.971. The third kappa shape index (κ3) is 2.02. The second-order valence-corrected chi connectivity index (χ2v) is 2.76. The van der Waals surface area contributed by atoms with Gasteiger partial charge in [0.25, 0.3) is 0 Å². The van der Waals surface area contributed by atoms with Crippen molar-refractivity contribution in [3.8, 4) is 11.5 Å². The Hall–Kier alpha value is -1.58. The molecule has 0 saturated heterocycles. The van der Waals surface area contributed by atoms with Gasteiger partial charge in [0, 0.05) is 11.0 Å². The predicted octanol–water partition coefficient (Wildman–Crippen LogP) is 3.30. The van der Waals surface area contributed by atoms with E-state index >= 15 is 0 Å². The van der Waals surface area contributed by atoms with E-state index in [1.54, 1.807) is 0 Å². The molecule has 0 spiro atoms. The average Bonchev–Trinajstić information content (AvgIpc) is 2.20. The molecule has 1 aromatic carbocycles. The summed E-state index contributed by atoms with van der Waals surface area (Å²) in [4.78, 5) is 2.67. The van der Waals surface area contributed by atoms with Gasteiger partial charge in [-0.3, -0.25) is 0 Å². The van der Waals surface area contributed by atoms with E-state index in [1.165, 1.54) is 26.4 Å². The molecule has 0 unspecified atom stereocenters. The quantitative estimate of drug-likeness (QED) is 0.439. The monoisotopic (exact) mass is 213 g/mol. The molecule has 0 N–H and O–H groups in total. The van der Waals surface area contributed by atoms with Gasteiger partial charge in [-0.15, -0.1) is 0 Å². The standard InChI is InChI=1S/C8H8ClN3O2/c1-13-7-4-6(11-12-10)8(14-2)3-5(7)9/h3-4H,1-2H3. The molecule has 5 nitrogen and oxygen atoms in total. The van der Waals surface area contributed by atoms with Crippen LogP contribution in [0.1, 0.15) is 0 Å². The minimum Gasteiger partial charge on any atom is -0.496 e. The fourth-order valence-corrected chi connectivity index (χ4v) is 1.20. The zero-order valence-corrected chi connectivity index (χ0v) is 8.45. The number of hydrogen-bond donors (Lipinski definition) is 0. The van der Waals surface area contributed by atoms with Crippen molar-refractivity contribution in [3.05, 3.63) is 27.6 Å². The first-order chi connectivity index (χ1) is 6.72. The molecule has 0 bridgehead atoms. The minimum absolute atomic E-state index is 0.344. The molecular formula is C8H8ClN3O2. The molecule has 0 aliphatic rings. The van der Waals surface area contributed by atoms with Gasteiger partial charge in [-0.05, 0) is 11.6 Å². The fraction of sp³-hybridized carbons (Fsp3) is 0.250. The van der Waals surface area contributed by atoms with Crippen molar-refractivity contribution >= 4 is 17.3 Å². The molecule has 0 aliphatic heterocycles. The number of azide groups is 1. The summed E-state index contributed by atoms with van der Waals surface area (Å²) in [5.41, 5.74) is 8.65. The Morgan fingerprint density at radius 1 is 1.29 bits per heavy atom. The summed E-state index contributed by atoms with van der Waals surface area (Å²) in [7, 11) is 2.95. The summed E-state index contributed by atoms with van der Waals surface area (Å²) < 4.78 is 9.93. The molecule has 0 aliphatic carbocycles. The largest absolute Gasteiger partial charge is 0.496 e. The maximum Gasteiger partial charge on any atom is 0.138 e. The van der Waals surface area contributed by atoms with Gasteiger partial charge in [0.1, 0.15) is 11.5 Å². The van der Waals surface area contributed by atoms with Crippen LogP contribution in [0.3, 0.4) is 0 Å². The zero-order chi connectivity index (χ0) is 10.6. The highest BCUT2D eigenvalue weighted by Gasteiger charge is 2.07. The molecule has 0 saturated carbocycles. The van der Waals surface area contributed by atoms with Crippen LogP contribution in [-0.4, -0.2) is 14.2 Å². The molecule has 74 valence electrons. The van der Waals surface area contributed by atoms with Crippen LogP contribution in [0.4, 0.5) is 5.69 Å². The highest BCUT2D eigenvalue weighted by Crippen LogP contribution is 2.37. The van der Waals surface area contributed by atoms with Gasteiger partial charge in [0.15, 0.2) is 0 Å². The highest BCUT2D eigenvalue weighted by atomic mass is 35.5. The normalized spacial score (nSPS) is 9.07. The maximum absolute atomic E-state index is 8.30. The van der Waals surface area contributed by atoms with Crippen molar-refractivity contribution in [2.24, 2.45) is 5.11 Å². The summed E-state index contributed by atoms with van der Waals surface area (Å²) in [6.45, 7) is 0. The van der Waals surface area contributed by atoms with E-state index in [4.69, 9.17) is 26.6 Å². The van der Waals surface area contributed by atoms with Crippen molar-refractivity contribution in [3.63, 3.8) is 0 Å². The molecule has 0 atom stereocenters. The summed E-state index contributed by atoms with van der Waals surface area (Å²) in [6.07, 6.45) is 0. The van der Waals surface area contributed by atoms with Crippen molar-refractivity contribution in [1.82, 2.24) is 0 Å². The number of nitrogens with zero attached hydrogens (tertiary/aromatic N) is 3. The van der Waals surface area contributed by atoms with Gasteiger partial charge in [-0.1, -0.05) is 16.7 Å². The molecule has 0 aromatic heterocycles. The summed E-state index contributed by atoms with van der Waals surface area (Å²) in [6, 6.07) is 3.05. The average molecular weight is 214 g/mol. The molecular weight excluding hydrogens is 206 g/mol. The van der Waals surface area contributed by atoms with Crippen molar-refractivity contribution in [1.29, 1.82) is 0 Å². The SMILES string of the molecule is COc1cc(N=[N+]=[N-])c(OC)cc1Cl. The van der Waals surface area contributed by atoms with Crippen molar-refractivity contribution in [2.45, 2.75) is 0 Å². The molecule has 0 fully saturated rings. The number of halogens is 1. The molecule has 1 rings (SSSR count). The van der Waals surface area contributed by atoms with Crippen molar-refractivity contribution in [2.75, 3.05) is 14.2 Å². The molecule has 14 heavy (non-hydrogen) atoms. The van der Waals surface area contributed by atoms with Gasteiger partial charge in [0.05, 0.1) is 24.9 Å². The van der Waals surface area contributed by atoms with Crippen LogP contribution in [-0.2, 0) is 0 Å². The summed E-state index contributed by atoms with van der Waals surface area (Å²) >= 11 is 5.84. The van der Waals surface area contributed by atoms with Gasteiger partial charge in [-0.25, -0.2) is 0 Å². The Balaban J connectivity index is 3.31. The van der Waals surface area contributed by atoms with Crippen LogP contribution < -0.4 is 9.47 Å². The van der Waals surface area contributed by atoms with E-state index in [0.29, 0.717) is 22.2 Å². The lowest BCUT2D eigenvalue weighted by Gasteiger charge is -2.08. The first-order valence-corrected chi connectivity index (χ1v) is 4.07. The maximum atomic E-state index is 8.30. The van der Waals surface area contributed by atoms with Gasteiger partial charge < -0.3 is 9.47 Å². The second kappa shape index (κ2) is 4.60. The molecule has 6 heteroatoms. The molecule has 0 heterocycles. The Kier molecular flexibility index (Phi) is 3.45. The van der Waals surface area contributed by atoms with E-state index in [2.05, 4.69) is 10.0 Å². The zero-order valence-electron chi connectivity index (χ0n) is 7.69. The van der Waals surface area contributed by atoms with Crippen molar-refractivity contribution < 1.29 is 9.47 Å². The Labute approximate surface area is 85.8 Å². The summed E-state index contributed by atoms with van der Waals surface area (Å²) in [5, 5.41) is 3.85. The molecule has 0 amide bonds. The third-order valence-corrected chi connectivity index (χ3v) is 1.90. The van der Waals surface area contributed by atoms with E-state index in [-0.39, 0.29) is 0 Å². The van der Waals surface area contributed by atoms with Crippen LogP contribution in [0, 0.1) is 0 Å². The highest BCUT2D eigenvalue weighted by molar-refractivity contribution is 6.32. The van der Waals surface area contributed by atoms with Gasteiger partial charge in [0.2, 0.25) is 0 Å². The van der Waals surface area contributed by atoms with Crippen LogP contribution in [0.25, 0.3) is 10.4 Å². The number of benzene rings is 1. The number of rotatable bonds is 3. The lowest BCUT2D eigenvalue weighted by Crippen LogP contribution is -1.87. The van der Waals surface area contributed by atoms with Gasteiger partial charge in [-0.2, -0.15) is 0 Å². The van der Waals surface area contributed by atoms with E-state index in [9.17, 15) is 0 Å². The van der Waals surface area contributed by atoms with E-state index < -0.39 is 0 Å². The van der Waals surface area contributed by atoms with E-state index in [1.807, 2.05) is 0 Å². The topological polar surface area (TPSA) is 67.2 Å². The Morgan fingerprint density at radius 3 is 2.43 bits per heavy atom. The minimum atomic E-state index is 0.344. The smallest absolute Gasteiger partial charge is 0.138 e. The van der Waals surface area contributed by atoms with Crippen LogP contribution in [0.15, 0.2) is 17.2 Å². The van der Waals surface area contributed by atoms with Gasteiger partial charge >= 0.3 is 0 Å². The molecule has 1 aromatic rings. The number of methoxy groups -OCH3 is 2. The molecule has 0 radical (unpaired) electrons. The number of hydrogen-bond acceptors (Lipinski definition) is 3. The first kappa shape index (κ1) is 10.5. The summed E-state index contributed by atoms with van der Waals surface area (Å²) in [5.74, 6) is 0.850. The van der Waals surface area contributed by atoms with Crippen LogP contribution in [0.5, 0.6) is 11.5 Å². The van der Waals surface area contributed by atoms with Crippen LogP contribution >= 0.6 is 11.6 Å². The van der Waals surface area contributed by atoms with E-state index in [0.717, 1.165) is 0 Å². The second-order valence-electron chi connectivity index (χ2n) is 2.35. The predicted molar refractivity (Wildman–Crippen MR) is 53.4 cm³/mol. The lowest BCUT2D eigenvalue weighted by molar-refractivity contribution is 0.404. The lowest BCUT2D eigenvalue weighted by atomic mass is 10.3. The first-order valence-electron chi connectivity index (χ1n) is 3.69. The Bertz CT molecular complexity index is 388. The van der Waals surface area contributed by atoms with Crippen LogP contribution in [0.2, 0.25) is 5.02 Å². The third-order valence-electron chi connectivity index (χ3n) is 1.61. The number of ether oxygens (including phenoxy) is 2. The Morgan fingerprint density at radius 2 is 1.93 bits per heavy atom.